The molecule has 20 heavy (non-hydrogen) atoms. The lowest BCUT2D eigenvalue weighted by atomic mass is 10.1. The van der Waals surface area contributed by atoms with Crippen LogP contribution < -0.4 is 0 Å². The lowest BCUT2D eigenvalue weighted by Crippen LogP contribution is -2.49. The summed E-state index contributed by atoms with van der Waals surface area (Å²) >= 11 is 0. The highest BCUT2D eigenvalue weighted by Crippen LogP contribution is 2.31. The zero-order valence-electron chi connectivity index (χ0n) is 11.2. The fraction of sp³-hybridized carbons (Fsp3) is 0.900. The van der Waals surface area contributed by atoms with Crippen molar-refractivity contribution in [2.45, 2.75) is 44.1 Å². The Morgan fingerprint density at radius 3 is 2.15 bits per heavy atom. The van der Waals surface area contributed by atoms with E-state index in [1.807, 2.05) is 6.92 Å². The number of hydrogen-bond acceptors (Lipinski definition) is 8. The molecule has 0 spiro atoms. The van der Waals surface area contributed by atoms with Crippen LogP contribution in [0, 0.1) is 0 Å². The summed E-state index contributed by atoms with van der Waals surface area (Å²) in [6.45, 7) is 3.89. The largest absolute Gasteiger partial charge is 0.361 e. The Labute approximate surface area is 129 Å². The number of aliphatic hydroxyl groups is 4. The molecule has 0 radical (unpaired) electrons. The van der Waals surface area contributed by atoms with Gasteiger partial charge in [-0.3, -0.25) is 4.99 Å². The second-order valence-electron chi connectivity index (χ2n) is 4.82. The lowest BCUT2D eigenvalue weighted by Gasteiger charge is -2.27. The van der Waals surface area contributed by atoms with Gasteiger partial charge in [-0.25, -0.2) is 0 Å². The van der Waals surface area contributed by atoms with Gasteiger partial charge in [0.1, 0.15) is 6.04 Å². The van der Waals surface area contributed by atoms with E-state index in [4.69, 9.17) is 0 Å². The molecule has 4 N–H and O–H groups in total. The summed E-state index contributed by atoms with van der Waals surface area (Å²) in [5.74, 6) is -4.22. The van der Waals surface area contributed by atoms with Crippen LogP contribution in [-0.4, -0.2) is 68.0 Å². The fourth-order valence-corrected chi connectivity index (χ4v) is 2.06. The molecule has 8 nitrogen and oxygen atoms in total. The fourth-order valence-electron chi connectivity index (χ4n) is 2.06. The predicted molar refractivity (Wildman–Crippen MR) is 76.2 cm³/mol. The molecule has 0 saturated carbocycles. The van der Waals surface area contributed by atoms with Crippen LogP contribution in [0.3, 0.4) is 0 Å². The molecule has 0 aliphatic carbocycles. The van der Waals surface area contributed by atoms with E-state index in [9.17, 15) is 20.4 Å². The summed E-state index contributed by atoms with van der Waals surface area (Å²) in [5, 5.41) is 46.0. The molecule has 0 aromatic carbocycles. The molecule has 0 amide bonds. The van der Waals surface area contributed by atoms with Gasteiger partial charge in [-0.15, -0.1) is 24.8 Å². The molecular formula is C10H20Cl2N4O4. The van der Waals surface area contributed by atoms with Gasteiger partial charge in [0.25, 0.3) is 0 Å². The minimum Gasteiger partial charge on any atom is -0.361 e. The second kappa shape index (κ2) is 6.50. The van der Waals surface area contributed by atoms with Gasteiger partial charge in [-0.05, 0) is 13.3 Å². The normalized spacial score (nSPS) is 22.2. The number of halogens is 2. The van der Waals surface area contributed by atoms with Crippen LogP contribution in [0.4, 0.5) is 0 Å². The van der Waals surface area contributed by atoms with E-state index in [2.05, 4.69) is 15.2 Å². The van der Waals surface area contributed by atoms with E-state index in [0.717, 1.165) is 6.42 Å². The van der Waals surface area contributed by atoms with Crippen molar-refractivity contribution in [2.24, 2.45) is 15.2 Å². The highest BCUT2D eigenvalue weighted by atomic mass is 35.5. The topological polar surface area (TPSA) is 121 Å². The Balaban J connectivity index is 0.00000180. The van der Waals surface area contributed by atoms with Gasteiger partial charge >= 0.3 is 0 Å². The molecule has 0 aromatic rings. The number of hydrogen-bond donors (Lipinski definition) is 4. The SMILES string of the molecule is CCCN1CC(C(O)(O)C2N=N2)N=C1C(C)(O)O.Cl.Cl. The smallest absolute Gasteiger partial charge is 0.236 e. The summed E-state index contributed by atoms with van der Waals surface area (Å²) in [5.41, 5.74) is 0. The Morgan fingerprint density at radius 1 is 1.20 bits per heavy atom. The maximum absolute atomic E-state index is 9.89. The van der Waals surface area contributed by atoms with Crippen LogP contribution >= 0.6 is 24.8 Å². The van der Waals surface area contributed by atoms with Crippen molar-refractivity contribution < 1.29 is 20.4 Å². The van der Waals surface area contributed by atoms with Gasteiger partial charge in [-0.2, -0.15) is 10.2 Å². The quantitative estimate of drug-likeness (QED) is 0.506. The van der Waals surface area contributed by atoms with Crippen molar-refractivity contribution in [3.63, 3.8) is 0 Å². The van der Waals surface area contributed by atoms with Crippen LogP contribution in [-0.2, 0) is 0 Å². The Hall–Kier alpha value is -0.510. The van der Waals surface area contributed by atoms with Crippen LogP contribution in [0.5, 0.6) is 0 Å². The van der Waals surface area contributed by atoms with Crippen LogP contribution in [0.25, 0.3) is 0 Å². The van der Waals surface area contributed by atoms with Crippen molar-refractivity contribution in [1.82, 2.24) is 4.90 Å². The monoisotopic (exact) mass is 330 g/mol. The van der Waals surface area contributed by atoms with Gasteiger partial charge in [0, 0.05) is 13.1 Å². The average molecular weight is 331 g/mol. The second-order valence-corrected chi connectivity index (χ2v) is 4.82. The molecule has 2 aliphatic heterocycles. The van der Waals surface area contributed by atoms with E-state index in [1.165, 1.54) is 6.92 Å². The van der Waals surface area contributed by atoms with E-state index in [0.29, 0.717) is 6.54 Å². The Kier molecular flexibility index (Phi) is 6.34. The summed E-state index contributed by atoms with van der Waals surface area (Å²) in [6.07, 6.45) is -0.109. The molecule has 0 bridgehead atoms. The van der Waals surface area contributed by atoms with E-state index in [-0.39, 0.29) is 37.2 Å². The number of amidine groups is 1. The summed E-state index contributed by atoms with van der Waals surface area (Å²) in [6, 6.07) is -0.891. The van der Waals surface area contributed by atoms with Crippen LogP contribution in [0.2, 0.25) is 0 Å². The van der Waals surface area contributed by atoms with E-state index >= 15 is 0 Å². The average Bonchev–Trinajstić information content (AvgIpc) is 2.99. The maximum atomic E-state index is 9.89. The summed E-state index contributed by atoms with van der Waals surface area (Å²) in [4.78, 5) is 5.65. The van der Waals surface area contributed by atoms with Gasteiger partial charge < -0.3 is 25.3 Å². The van der Waals surface area contributed by atoms with Crippen LogP contribution in [0.15, 0.2) is 15.2 Å². The van der Waals surface area contributed by atoms with Crippen molar-refractivity contribution >= 4 is 30.6 Å². The van der Waals surface area contributed by atoms with Gasteiger partial charge in [0.2, 0.25) is 17.7 Å². The number of aliphatic imine (C=N–C) groups is 1. The third-order valence-corrected chi connectivity index (χ3v) is 2.99. The van der Waals surface area contributed by atoms with Gasteiger partial charge in [0.05, 0.1) is 0 Å². The minimum absolute atomic E-state index is 0. The highest BCUT2D eigenvalue weighted by molar-refractivity contribution is 5.90. The minimum atomic E-state index is -2.17. The molecule has 0 saturated heterocycles. The molecule has 2 aliphatic rings. The molecule has 10 heteroatoms. The van der Waals surface area contributed by atoms with E-state index < -0.39 is 23.8 Å². The first-order chi connectivity index (χ1) is 8.26. The van der Waals surface area contributed by atoms with Crippen molar-refractivity contribution in [3.05, 3.63) is 0 Å². The standard InChI is InChI=1S/C10H18N4O4.2ClH/c1-3-4-14-5-6(10(17,18)7-12-13-7)11-8(14)9(2,15)16;;/h6-7,15-18H,3-5H2,1-2H3;2*1H. The molecule has 1 atom stereocenters. The first-order valence-corrected chi connectivity index (χ1v) is 5.89. The molecule has 0 aromatic heterocycles. The molecule has 0 fully saturated rings. The molecule has 2 heterocycles. The predicted octanol–water partition coefficient (Wildman–Crippen LogP) is -0.504. The lowest BCUT2D eigenvalue weighted by molar-refractivity contribution is -0.176. The number of rotatable bonds is 5. The first-order valence-electron chi connectivity index (χ1n) is 5.89. The van der Waals surface area contributed by atoms with Gasteiger partial charge in [-0.1, -0.05) is 6.92 Å². The van der Waals surface area contributed by atoms with E-state index in [1.54, 1.807) is 4.90 Å². The third-order valence-electron chi connectivity index (χ3n) is 2.99. The maximum Gasteiger partial charge on any atom is 0.236 e. The number of nitrogens with zero attached hydrogens (tertiary/aromatic N) is 4. The Morgan fingerprint density at radius 2 is 1.75 bits per heavy atom. The molecule has 2 rings (SSSR count). The summed E-state index contributed by atoms with van der Waals surface area (Å²) in [7, 11) is 0. The zero-order chi connectivity index (χ0) is 13.6. The van der Waals surface area contributed by atoms with Crippen LogP contribution in [0.1, 0.15) is 20.3 Å². The van der Waals surface area contributed by atoms with Crippen molar-refractivity contribution in [2.75, 3.05) is 13.1 Å². The molecule has 118 valence electrons. The molecule has 1 unspecified atom stereocenters. The Bertz CT molecular complexity index is 391. The summed E-state index contributed by atoms with van der Waals surface area (Å²) < 4.78 is 0. The van der Waals surface area contributed by atoms with Crippen molar-refractivity contribution in [3.8, 4) is 0 Å². The highest BCUT2D eigenvalue weighted by Gasteiger charge is 2.52. The first kappa shape index (κ1) is 19.5. The van der Waals surface area contributed by atoms with Crippen molar-refractivity contribution in [1.29, 1.82) is 0 Å². The third kappa shape index (κ3) is 3.78. The zero-order valence-corrected chi connectivity index (χ0v) is 12.8. The molecular weight excluding hydrogens is 311 g/mol. The van der Waals surface area contributed by atoms with Gasteiger partial charge in [0.15, 0.2) is 5.84 Å².